The zero-order valence-corrected chi connectivity index (χ0v) is 17.6. The molecular weight excluding hydrogens is 372 g/mol. The third-order valence-electron chi connectivity index (χ3n) is 5.97. The molecule has 0 aromatic heterocycles. The predicted molar refractivity (Wildman–Crippen MR) is 123 cm³/mol. The van der Waals surface area contributed by atoms with Gasteiger partial charge in [-0.05, 0) is 54.3 Å². The minimum absolute atomic E-state index is 0.0755. The molecule has 1 aliphatic rings. The van der Waals surface area contributed by atoms with Crippen LogP contribution in [0.2, 0.25) is 0 Å². The summed E-state index contributed by atoms with van der Waals surface area (Å²) in [6, 6.07) is 22.0. The standard InChI is InChI=1S/C26H30N2O2/c1-19(25-18-27-16-17-30-25)6-4-7-20-12-14-22(15-13-20)26(29)28-24-11-5-9-21-8-2-3-10-23(21)24/h2-3,5,8-15,19,25,27H,4,6-7,16-18H2,1H3,(H,28,29). The van der Waals surface area contributed by atoms with Gasteiger partial charge in [0.1, 0.15) is 0 Å². The van der Waals surface area contributed by atoms with E-state index in [-0.39, 0.29) is 5.91 Å². The molecule has 4 rings (SSSR count). The van der Waals surface area contributed by atoms with Crippen molar-refractivity contribution < 1.29 is 9.53 Å². The summed E-state index contributed by atoms with van der Waals surface area (Å²) in [5.41, 5.74) is 2.80. The Morgan fingerprint density at radius 1 is 1.10 bits per heavy atom. The number of aryl methyl sites for hydroxylation is 1. The number of nitrogens with one attached hydrogen (secondary N) is 2. The average molecular weight is 403 g/mol. The minimum atomic E-state index is -0.0755. The van der Waals surface area contributed by atoms with Gasteiger partial charge in [0.2, 0.25) is 0 Å². The summed E-state index contributed by atoms with van der Waals surface area (Å²) in [4.78, 5) is 12.7. The molecule has 3 aromatic carbocycles. The lowest BCUT2D eigenvalue weighted by atomic mass is 9.95. The molecule has 4 heteroatoms. The van der Waals surface area contributed by atoms with Gasteiger partial charge in [0.25, 0.3) is 5.91 Å². The highest BCUT2D eigenvalue weighted by molar-refractivity contribution is 6.09. The van der Waals surface area contributed by atoms with E-state index < -0.39 is 0 Å². The van der Waals surface area contributed by atoms with Crippen LogP contribution in [0.25, 0.3) is 10.8 Å². The number of morpholine rings is 1. The first-order valence-corrected chi connectivity index (χ1v) is 10.9. The summed E-state index contributed by atoms with van der Waals surface area (Å²) in [5, 5.41) is 8.63. The Kier molecular flexibility index (Phi) is 6.77. The number of carbonyl (C=O) groups excluding carboxylic acids is 1. The van der Waals surface area contributed by atoms with Crippen LogP contribution in [0, 0.1) is 5.92 Å². The molecule has 0 bridgehead atoms. The van der Waals surface area contributed by atoms with Gasteiger partial charge in [0, 0.05) is 29.7 Å². The van der Waals surface area contributed by atoms with Crippen LogP contribution < -0.4 is 10.6 Å². The maximum absolute atomic E-state index is 12.7. The minimum Gasteiger partial charge on any atom is -0.375 e. The summed E-state index contributed by atoms with van der Waals surface area (Å²) in [5.74, 6) is 0.483. The second kappa shape index (κ2) is 9.88. The molecule has 0 radical (unpaired) electrons. The van der Waals surface area contributed by atoms with Gasteiger partial charge >= 0.3 is 0 Å². The highest BCUT2D eigenvalue weighted by atomic mass is 16.5. The summed E-state index contributed by atoms with van der Waals surface area (Å²) in [6.07, 6.45) is 3.63. The fourth-order valence-corrected chi connectivity index (χ4v) is 4.12. The van der Waals surface area contributed by atoms with Gasteiger partial charge in [-0.2, -0.15) is 0 Å². The first-order chi connectivity index (χ1) is 14.7. The lowest BCUT2D eigenvalue weighted by Crippen LogP contribution is -2.41. The average Bonchev–Trinajstić information content (AvgIpc) is 2.80. The summed E-state index contributed by atoms with van der Waals surface area (Å²) in [6.45, 7) is 5.01. The van der Waals surface area contributed by atoms with Crippen molar-refractivity contribution in [2.24, 2.45) is 5.92 Å². The number of hydrogen-bond donors (Lipinski definition) is 2. The Morgan fingerprint density at radius 2 is 1.90 bits per heavy atom. The Hall–Kier alpha value is -2.69. The van der Waals surface area contributed by atoms with Crippen LogP contribution in [0.3, 0.4) is 0 Å². The van der Waals surface area contributed by atoms with Crippen LogP contribution in [0.15, 0.2) is 66.7 Å². The number of rotatable bonds is 7. The molecule has 0 saturated carbocycles. The van der Waals surface area contributed by atoms with E-state index >= 15 is 0 Å². The first-order valence-electron chi connectivity index (χ1n) is 10.9. The highest BCUT2D eigenvalue weighted by Crippen LogP contribution is 2.24. The molecule has 1 fully saturated rings. The van der Waals surface area contributed by atoms with Crippen molar-refractivity contribution in [1.82, 2.24) is 5.32 Å². The van der Waals surface area contributed by atoms with Gasteiger partial charge in [0.15, 0.2) is 0 Å². The molecule has 2 N–H and O–H groups in total. The molecule has 1 saturated heterocycles. The number of anilines is 1. The molecule has 1 amide bonds. The molecule has 0 spiro atoms. The third kappa shape index (κ3) is 5.07. The Balaban J connectivity index is 1.31. The van der Waals surface area contributed by atoms with Crippen molar-refractivity contribution in [2.45, 2.75) is 32.3 Å². The molecular formula is C26H30N2O2. The molecule has 2 atom stereocenters. The second-order valence-corrected chi connectivity index (χ2v) is 8.16. The number of ether oxygens (including phenoxy) is 1. The van der Waals surface area contributed by atoms with E-state index in [2.05, 4.69) is 41.8 Å². The maximum Gasteiger partial charge on any atom is 0.255 e. The van der Waals surface area contributed by atoms with Gasteiger partial charge in [0.05, 0.1) is 12.7 Å². The van der Waals surface area contributed by atoms with Crippen LogP contribution >= 0.6 is 0 Å². The van der Waals surface area contributed by atoms with E-state index in [9.17, 15) is 4.79 Å². The summed E-state index contributed by atoms with van der Waals surface area (Å²) < 4.78 is 5.85. The molecule has 1 aliphatic heterocycles. The molecule has 156 valence electrons. The molecule has 0 aliphatic carbocycles. The monoisotopic (exact) mass is 402 g/mol. The van der Waals surface area contributed by atoms with Gasteiger partial charge in [-0.25, -0.2) is 0 Å². The van der Waals surface area contributed by atoms with Gasteiger partial charge in [-0.1, -0.05) is 55.5 Å². The number of amides is 1. The molecule has 1 heterocycles. The second-order valence-electron chi connectivity index (χ2n) is 8.16. The van der Waals surface area contributed by atoms with E-state index in [1.165, 1.54) is 5.56 Å². The molecule has 30 heavy (non-hydrogen) atoms. The van der Waals surface area contributed by atoms with Crippen LogP contribution in [0.1, 0.15) is 35.7 Å². The third-order valence-corrected chi connectivity index (χ3v) is 5.97. The van der Waals surface area contributed by atoms with Crippen molar-refractivity contribution in [3.8, 4) is 0 Å². The van der Waals surface area contributed by atoms with Gasteiger partial charge in [-0.3, -0.25) is 4.79 Å². The van der Waals surface area contributed by atoms with Crippen LogP contribution in [0.4, 0.5) is 5.69 Å². The summed E-state index contributed by atoms with van der Waals surface area (Å²) in [7, 11) is 0. The van der Waals surface area contributed by atoms with Gasteiger partial charge in [-0.15, -0.1) is 0 Å². The van der Waals surface area contributed by atoms with Crippen LogP contribution in [-0.2, 0) is 11.2 Å². The first kappa shape index (κ1) is 20.6. The number of hydrogen-bond acceptors (Lipinski definition) is 3. The quantitative estimate of drug-likeness (QED) is 0.582. The summed E-state index contributed by atoms with van der Waals surface area (Å²) >= 11 is 0. The topological polar surface area (TPSA) is 50.4 Å². The normalized spacial score (nSPS) is 17.6. The Morgan fingerprint density at radius 3 is 2.70 bits per heavy atom. The van der Waals surface area contributed by atoms with E-state index in [1.54, 1.807) is 0 Å². The van der Waals surface area contributed by atoms with Crippen LogP contribution in [-0.4, -0.2) is 31.7 Å². The fraction of sp³-hybridized carbons (Fsp3) is 0.346. The van der Waals surface area contributed by atoms with E-state index in [0.717, 1.165) is 55.4 Å². The number of fused-ring (bicyclic) bond motifs is 1. The van der Waals surface area contributed by atoms with Crippen molar-refractivity contribution in [3.63, 3.8) is 0 Å². The predicted octanol–water partition coefficient (Wildman–Crippen LogP) is 5.04. The van der Waals surface area contributed by atoms with Crippen molar-refractivity contribution in [3.05, 3.63) is 77.9 Å². The fourth-order valence-electron chi connectivity index (χ4n) is 4.12. The molecule has 3 aromatic rings. The largest absolute Gasteiger partial charge is 0.375 e. The lowest BCUT2D eigenvalue weighted by Gasteiger charge is -2.28. The highest BCUT2D eigenvalue weighted by Gasteiger charge is 2.20. The van der Waals surface area contributed by atoms with E-state index in [4.69, 9.17) is 4.74 Å². The molecule has 2 unspecified atom stereocenters. The van der Waals surface area contributed by atoms with E-state index in [0.29, 0.717) is 17.6 Å². The SMILES string of the molecule is CC(CCCc1ccc(C(=O)Nc2cccc3ccccc23)cc1)C1CNCCO1. The number of benzene rings is 3. The Labute approximate surface area is 178 Å². The van der Waals surface area contributed by atoms with Crippen molar-refractivity contribution in [1.29, 1.82) is 0 Å². The van der Waals surface area contributed by atoms with Gasteiger partial charge < -0.3 is 15.4 Å². The van der Waals surface area contributed by atoms with Crippen LogP contribution in [0.5, 0.6) is 0 Å². The lowest BCUT2D eigenvalue weighted by molar-refractivity contribution is -0.00676. The van der Waals surface area contributed by atoms with Crippen molar-refractivity contribution >= 4 is 22.4 Å². The zero-order chi connectivity index (χ0) is 20.8. The molecule has 4 nitrogen and oxygen atoms in total. The van der Waals surface area contributed by atoms with Crippen molar-refractivity contribution in [2.75, 3.05) is 25.0 Å². The smallest absolute Gasteiger partial charge is 0.255 e. The maximum atomic E-state index is 12.7. The number of carbonyl (C=O) groups is 1. The zero-order valence-electron chi connectivity index (χ0n) is 17.6. The Bertz CT molecular complexity index is 972. The van der Waals surface area contributed by atoms with E-state index in [1.807, 2.05) is 42.5 Å².